The summed E-state index contributed by atoms with van der Waals surface area (Å²) in [4.78, 5) is 17.9. The van der Waals surface area contributed by atoms with Crippen molar-refractivity contribution < 1.29 is 9.53 Å². The summed E-state index contributed by atoms with van der Waals surface area (Å²) in [7, 11) is 0. The van der Waals surface area contributed by atoms with E-state index in [-0.39, 0.29) is 36.1 Å². The van der Waals surface area contributed by atoms with E-state index >= 15 is 0 Å². The molecule has 8 nitrogen and oxygen atoms in total. The number of carbonyl (C=O) groups is 1. The molecule has 2 heterocycles. The van der Waals surface area contributed by atoms with Crippen LogP contribution in [0.15, 0.2) is 11.1 Å². The van der Waals surface area contributed by atoms with Crippen LogP contribution < -0.4 is 11.1 Å². The summed E-state index contributed by atoms with van der Waals surface area (Å²) >= 11 is 0. The van der Waals surface area contributed by atoms with Gasteiger partial charge in [0.2, 0.25) is 0 Å². The Morgan fingerprint density at radius 3 is 2.67 bits per heavy atom. The van der Waals surface area contributed by atoms with Gasteiger partial charge in [-0.05, 0) is 45.6 Å². The highest BCUT2D eigenvalue weighted by Crippen LogP contribution is 2.11. The zero-order valence-electron chi connectivity index (χ0n) is 16.8. The summed E-state index contributed by atoms with van der Waals surface area (Å²) < 4.78 is 7.05. The average Bonchev–Trinajstić information content (AvgIpc) is 2.91. The first kappa shape index (κ1) is 23.5. The average molecular weight is 492 g/mol. The minimum Gasteiger partial charge on any atom is -0.450 e. The van der Waals surface area contributed by atoms with Gasteiger partial charge < -0.3 is 20.7 Å². The first-order valence-corrected chi connectivity index (χ1v) is 9.38. The zero-order valence-corrected chi connectivity index (χ0v) is 19.1. The van der Waals surface area contributed by atoms with Crippen molar-refractivity contribution >= 4 is 36.0 Å². The van der Waals surface area contributed by atoms with Crippen LogP contribution in [0.1, 0.15) is 38.1 Å². The number of carbonyl (C=O) groups excluding carboxylic acids is 1. The molecular weight excluding hydrogens is 459 g/mol. The number of nitrogens with zero attached hydrogens (tertiary/aromatic N) is 4. The van der Waals surface area contributed by atoms with Crippen LogP contribution in [0, 0.1) is 19.8 Å². The lowest BCUT2D eigenvalue weighted by molar-refractivity contribution is 0.0963. The molecule has 0 aliphatic carbocycles. The maximum absolute atomic E-state index is 11.7. The largest absolute Gasteiger partial charge is 0.450 e. The van der Waals surface area contributed by atoms with E-state index in [9.17, 15) is 4.79 Å². The fourth-order valence-electron chi connectivity index (χ4n) is 3.14. The SMILES string of the molecule is CCOC(=O)N1CCC(NC(N)=NCC(C)Cn2nc(C)cc2C)CC1.I. The number of aryl methyl sites for hydroxylation is 2. The van der Waals surface area contributed by atoms with Gasteiger partial charge in [0, 0.05) is 37.9 Å². The van der Waals surface area contributed by atoms with Crippen molar-refractivity contribution in [1.82, 2.24) is 20.0 Å². The highest BCUT2D eigenvalue weighted by atomic mass is 127. The number of hydrogen-bond acceptors (Lipinski definition) is 4. The number of ether oxygens (including phenoxy) is 1. The van der Waals surface area contributed by atoms with Crippen molar-refractivity contribution in [1.29, 1.82) is 0 Å². The van der Waals surface area contributed by atoms with Crippen molar-refractivity contribution in [2.75, 3.05) is 26.2 Å². The quantitative estimate of drug-likeness (QED) is 0.361. The van der Waals surface area contributed by atoms with Crippen LogP contribution in [-0.2, 0) is 11.3 Å². The van der Waals surface area contributed by atoms with E-state index in [4.69, 9.17) is 10.5 Å². The number of nitrogens with two attached hydrogens (primary N) is 1. The van der Waals surface area contributed by atoms with E-state index in [1.165, 1.54) is 0 Å². The van der Waals surface area contributed by atoms with Gasteiger partial charge >= 0.3 is 6.09 Å². The first-order chi connectivity index (χ1) is 12.4. The van der Waals surface area contributed by atoms with Crippen molar-refractivity contribution in [3.05, 3.63) is 17.5 Å². The predicted octanol–water partition coefficient (Wildman–Crippen LogP) is 2.28. The van der Waals surface area contributed by atoms with Crippen LogP contribution in [0.4, 0.5) is 4.79 Å². The van der Waals surface area contributed by atoms with Crippen molar-refractivity contribution in [3.8, 4) is 0 Å². The Morgan fingerprint density at radius 1 is 1.44 bits per heavy atom. The lowest BCUT2D eigenvalue weighted by atomic mass is 10.1. The van der Waals surface area contributed by atoms with Crippen LogP contribution in [0.3, 0.4) is 0 Å². The minimum absolute atomic E-state index is 0. The van der Waals surface area contributed by atoms with E-state index in [1.807, 2.05) is 18.5 Å². The molecule has 2 rings (SSSR count). The van der Waals surface area contributed by atoms with Crippen molar-refractivity contribution in [2.45, 2.75) is 53.1 Å². The van der Waals surface area contributed by atoms with E-state index in [0.29, 0.717) is 38.1 Å². The number of halogens is 1. The molecule has 1 aromatic heterocycles. The van der Waals surface area contributed by atoms with Crippen LogP contribution in [-0.4, -0.2) is 59.0 Å². The molecule has 1 unspecified atom stereocenters. The minimum atomic E-state index is -0.231. The number of guanidine groups is 1. The highest BCUT2D eigenvalue weighted by molar-refractivity contribution is 14.0. The fourth-order valence-corrected chi connectivity index (χ4v) is 3.14. The van der Waals surface area contributed by atoms with Crippen LogP contribution in [0.5, 0.6) is 0 Å². The third kappa shape index (κ3) is 7.55. The second-order valence-electron chi connectivity index (χ2n) is 7.04. The number of likely N-dealkylation sites (tertiary alicyclic amines) is 1. The molecule has 27 heavy (non-hydrogen) atoms. The van der Waals surface area contributed by atoms with Gasteiger partial charge in [0.15, 0.2) is 5.96 Å². The number of amides is 1. The lowest BCUT2D eigenvalue weighted by Crippen LogP contribution is -2.48. The van der Waals surface area contributed by atoms with Gasteiger partial charge in [0.1, 0.15) is 0 Å². The fraction of sp³-hybridized carbons (Fsp3) is 0.722. The Kier molecular flexibility index (Phi) is 9.89. The summed E-state index contributed by atoms with van der Waals surface area (Å²) in [6.07, 6.45) is 1.46. The Morgan fingerprint density at radius 2 is 2.11 bits per heavy atom. The molecule has 0 bridgehead atoms. The Hall–Kier alpha value is -1.52. The third-order valence-electron chi connectivity index (χ3n) is 4.53. The lowest BCUT2D eigenvalue weighted by Gasteiger charge is -2.31. The number of hydrogen-bond donors (Lipinski definition) is 2. The maximum atomic E-state index is 11.7. The molecule has 1 aliphatic rings. The summed E-state index contributed by atoms with van der Waals surface area (Å²) in [5.74, 6) is 0.818. The second kappa shape index (κ2) is 11.4. The Balaban J connectivity index is 0.00000364. The van der Waals surface area contributed by atoms with E-state index in [0.717, 1.165) is 30.8 Å². The standard InChI is InChI=1S/C18H32N6O2.HI/c1-5-26-18(25)23-8-6-16(7-9-23)21-17(19)20-11-13(2)12-24-15(4)10-14(3)22-24;/h10,13,16H,5-9,11-12H2,1-4H3,(H3,19,20,21);1H. The normalized spacial score (nSPS) is 16.6. The smallest absolute Gasteiger partial charge is 0.409 e. The molecule has 0 saturated carbocycles. The molecule has 1 saturated heterocycles. The molecule has 1 aromatic rings. The first-order valence-electron chi connectivity index (χ1n) is 9.38. The maximum Gasteiger partial charge on any atom is 0.409 e. The molecule has 0 spiro atoms. The molecule has 9 heteroatoms. The predicted molar refractivity (Wildman–Crippen MR) is 118 cm³/mol. The molecule has 1 aliphatic heterocycles. The van der Waals surface area contributed by atoms with Gasteiger partial charge in [0.05, 0.1) is 12.3 Å². The monoisotopic (exact) mass is 492 g/mol. The summed E-state index contributed by atoms with van der Waals surface area (Å²) in [6, 6.07) is 2.32. The summed E-state index contributed by atoms with van der Waals surface area (Å²) in [5, 5.41) is 7.76. The zero-order chi connectivity index (χ0) is 19.1. The molecule has 154 valence electrons. The van der Waals surface area contributed by atoms with Gasteiger partial charge in [-0.3, -0.25) is 9.67 Å². The third-order valence-corrected chi connectivity index (χ3v) is 4.53. The van der Waals surface area contributed by atoms with E-state index in [2.05, 4.69) is 35.3 Å². The van der Waals surface area contributed by atoms with Crippen LogP contribution in [0.2, 0.25) is 0 Å². The highest BCUT2D eigenvalue weighted by Gasteiger charge is 2.23. The van der Waals surface area contributed by atoms with E-state index < -0.39 is 0 Å². The van der Waals surface area contributed by atoms with Crippen molar-refractivity contribution in [3.63, 3.8) is 0 Å². The number of aromatic nitrogens is 2. The summed E-state index contributed by atoms with van der Waals surface area (Å²) in [5.41, 5.74) is 8.23. The topological polar surface area (TPSA) is 97.8 Å². The van der Waals surface area contributed by atoms with Gasteiger partial charge in [-0.1, -0.05) is 6.92 Å². The van der Waals surface area contributed by atoms with Crippen LogP contribution >= 0.6 is 24.0 Å². The van der Waals surface area contributed by atoms with E-state index in [1.54, 1.807) is 4.90 Å². The number of nitrogens with one attached hydrogen (secondary N) is 1. The second-order valence-corrected chi connectivity index (χ2v) is 7.04. The van der Waals surface area contributed by atoms with Gasteiger partial charge in [-0.15, -0.1) is 24.0 Å². The molecule has 0 radical (unpaired) electrons. The molecule has 1 fully saturated rings. The van der Waals surface area contributed by atoms with Gasteiger partial charge in [0.25, 0.3) is 0 Å². The molecular formula is C18H33IN6O2. The molecule has 0 aromatic carbocycles. The Labute approximate surface area is 178 Å². The number of piperidine rings is 1. The Bertz CT molecular complexity index is 625. The molecule has 1 amide bonds. The summed E-state index contributed by atoms with van der Waals surface area (Å²) in [6.45, 7) is 11.3. The van der Waals surface area contributed by atoms with Gasteiger partial charge in [-0.2, -0.15) is 5.10 Å². The van der Waals surface area contributed by atoms with Crippen molar-refractivity contribution in [2.24, 2.45) is 16.6 Å². The number of rotatable bonds is 6. The number of aliphatic imine (C=N–C) groups is 1. The van der Waals surface area contributed by atoms with Gasteiger partial charge in [-0.25, -0.2) is 4.79 Å². The van der Waals surface area contributed by atoms with Crippen LogP contribution in [0.25, 0.3) is 0 Å². The molecule has 1 atom stereocenters. The molecule has 3 N–H and O–H groups in total.